The molecule has 0 aliphatic carbocycles. The number of phosphoric acid groups is 1. The van der Waals surface area contributed by atoms with Crippen molar-refractivity contribution in [2.45, 2.75) is 200 Å². The molecule has 8 nitrogen and oxygen atoms in total. The number of allylic oxidation sites excluding steroid dienone is 20. The third kappa shape index (κ3) is 55.7. The van der Waals surface area contributed by atoms with E-state index in [4.69, 9.17) is 18.5 Å². The fourth-order valence-electron chi connectivity index (χ4n) is 6.90. The highest BCUT2D eigenvalue weighted by Crippen LogP contribution is 2.43. The number of nitrogens with zero attached hydrogens (tertiary/aromatic N) is 1. The zero-order valence-corrected chi connectivity index (χ0v) is 45.6. The second-order valence-corrected chi connectivity index (χ2v) is 20.3. The second-order valence-electron chi connectivity index (χ2n) is 18.8. The van der Waals surface area contributed by atoms with Gasteiger partial charge >= 0.3 is 13.8 Å². The molecule has 0 spiro atoms. The number of phosphoric ester groups is 1. The van der Waals surface area contributed by atoms with Crippen molar-refractivity contribution >= 4 is 13.8 Å². The second kappa shape index (κ2) is 51.3. The van der Waals surface area contributed by atoms with Gasteiger partial charge in [-0.2, -0.15) is 0 Å². The molecule has 0 radical (unpaired) electrons. The lowest BCUT2D eigenvalue weighted by molar-refractivity contribution is -0.870. The van der Waals surface area contributed by atoms with Crippen molar-refractivity contribution in [3.63, 3.8) is 0 Å². The van der Waals surface area contributed by atoms with E-state index in [0.717, 1.165) is 116 Å². The average Bonchev–Trinajstić information content (AvgIpc) is 3.31. The van der Waals surface area contributed by atoms with E-state index in [1.165, 1.54) is 57.8 Å². The molecule has 1 N–H and O–H groups in total. The minimum atomic E-state index is -4.30. The molecule has 2 atom stereocenters. The van der Waals surface area contributed by atoms with E-state index >= 15 is 0 Å². The maximum atomic E-state index is 12.8. The zero-order valence-electron chi connectivity index (χ0n) is 44.8. The molecule has 0 heterocycles. The summed E-state index contributed by atoms with van der Waals surface area (Å²) >= 11 is 0. The van der Waals surface area contributed by atoms with Crippen LogP contribution in [0.4, 0.5) is 0 Å². The summed E-state index contributed by atoms with van der Waals surface area (Å²) in [6.07, 6.45) is 73.9. The Morgan fingerprint density at radius 1 is 0.449 bits per heavy atom. The van der Waals surface area contributed by atoms with Gasteiger partial charge in [-0.3, -0.25) is 13.8 Å². The average molecular weight is 981 g/mol. The van der Waals surface area contributed by atoms with Gasteiger partial charge in [0, 0.05) is 13.0 Å². The smallest absolute Gasteiger partial charge is 0.457 e. The fourth-order valence-corrected chi connectivity index (χ4v) is 7.64. The number of quaternary nitrogens is 1. The van der Waals surface area contributed by atoms with E-state index in [1.54, 1.807) is 0 Å². The van der Waals surface area contributed by atoms with Crippen molar-refractivity contribution < 1.29 is 37.3 Å². The summed E-state index contributed by atoms with van der Waals surface area (Å²) in [6, 6.07) is 0. The van der Waals surface area contributed by atoms with E-state index in [0.29, 0.717) is 24.1 Å². The fraction of sp³-hybridized carbons (Fsp3) is 0.650. The Balaban J connectivity index is 4.20. The molecule has 0 aromatic carbocycles. The van der Waals surface area contributed by atoms with Crippen LogP contribution < -0.4 is 0 Å². The van der Waals surface area contributed by atoms with Gasteiger partial charge in [-0.05, 0) is 103 Å². The van der Waals surface area contributed by atoms with Gasteiger partial charge in [-0.1, -0.05) is 206 Å². The normalized spacial score (nSPS) is 14.5. The lowest BCUT2D eigenvalue weighted by atomic mass is 10.1. The molecule has 0 aromatic rings. The molecule has 0 rings (SSSR count). The predicted molar refractivity (Wildman–Crippen MR) is 297 cm³/mol. The van der Waals surface area contributed by atoms with Crippen LogP contribution in [0.5, 0.6) is 0 Å². The summed E-state index contributed by atoms with van der Waals surface area (Å²) < 4.78 is 35.2. The largest absolute Gasteiger partial charge is 0.472 e. The van der Waals surface area contributed by atoms with E-state index in [-0.39, 0.29) is 25.8 Å². The highest BCUT2D eigenvalue weighted by molar-refractivity contribution is 7.47. The summed E-state index contributed by atoms with van der Waals surface area (Å²) in [4.78, 5) is 23.1. The third-order valence-corrected chi connectivity index (χ3v) is 12.0. The molecule has 0 aliphatic rings. The molecule has 9 heteroatoms. The first-order valence-corrected chi connectivity index (χ1v) is 28.8. The molecule has 0 amide bonds. The van der Waals surface area contributed by atoms with E-state index in [1.807, 2.05) is 21.1 Å². The van der Waals surface area contributed by atoms with Gasteiger partial charge < -0.3 is 18.9 Å². The van der Waals surface area contributed by atoms with Crippen LogP contribution in [0.2, 0.25) is 0 Å². The Kier molecular flexibility index (Phi) is 49.0. The minimum Gasteiger partial charge on any atom is -0.457 e. The first-order chi connectivity index (χ1) is 33.6. The van der Waals surface area contributed by atoms with E-state index < -0.39 is 13.9 Å². The number of hydrogen-bond acceptors (Lipinski definition) is 6. The molecule has 394 valence electrons. The number of ether oxygens (including phenoxy) is 2. The predicted octanol–water partition coefficient (Wildman–Crippen LogP) is 17.3. The third-order valence-electron chi connectivity index (χ3n) is 11.0. The van der Waals surface area contributed by atoms with Crippen LogP contribution in [-0.2, 0) is 27.9 Å². The maximum Gasteiger partial charge on any atom is 0.472 e. The molecule has 0 saturated heterocycles. The lowest BCUT2D eigenvalue weighted by Crippen LogP contribution is -2.37. The molecular weight excluding hydrogens is 878 g/mol. The van der Waals surface area contributed by atoms with Crippen molar-refractivity contribution in [2.24, 2.45) is 0 Å². The SMILES string of the molecule is CC/C=C\C/C=C\C/C=C\C/C=C\C/C=C\CCCCCCCCCCOCC(COP(=O)(O)OCC[N+](C)(C)C)OC(=O)CCCCCCCCC/C=C\C/C=C\C/C=C\C/C=C\C/C=C\CC. The molecule has 0 aromatic heterocycles. The van der Waals surface area contributed by atoms with Gasteiger partial charge in [-0.15, -0.1) is 0 Å². The number of rotatable bonds is 49. The number of hydrogen-bond donors (Lipinski definition) is 1. The van der Waals surface area contributed by atoms with Crippen molar-refractivity contribution in [2.75, 3.05) is 54.1 Å². The summed E-state index contributed by atoms with van der Waals surface area (Å²) in [6.45, 7) is 5.34. The Bertz CT molecular complexity index is 1510. The van der Waals surface area contributed by atoms with Gasteiger partial charge in [0.1, 0.15) is 19.3 Å². The number of likely N-dealkylation sites (N-methyl/N-ethyl adjacent to an activating group) is 1. The molecule has 0 fully saturated rings. The van der Waals surface area contributed by atoms with Crippen LogP contribution in [0.15, 0.2) is 122 Å². The molecular formula is C60H103NO7P+. The highest BCUT2D eigenvalue weighted by atomic mass is 31.2. The highest BCUT2D eigenvalue weighted by Gasteiger charge is 2.26. The van der Waals surface area contributed by atoms with Crippen molar-refractivity contribution in [3.05, 3.63) is 122 Å². The maximum absolute atomic E-state index is 12.8. The van der Waals surface area contributed by atoms with Crippen LogP contribution in [0.25, 0.3) is 0 Å². The number of carbonyl (C=O) groups is 1. The quantitative estimate of drug-likeness (QED) is 0.0213. The monoisotopic (exact) mass is 981 g/mol. The number of carbonyl (C=O) groups excluding carboxylic acids is 1. The van der Waals surface area contributed by atoms with Crippen molar-refractivity contribution in [3.8, 4) is 0 Å². The molecule has 2 unspecified atom stereocenters. The summed E-state index contributed by atoms with van der Waals surface area (Å²) in [5.74, 6) is -0.333. The van der Waals surface area contributed by atoms with E-state index in [9.17, 15) is 14.3 Å². The Labute approximate surface area is 424 Å². The van der Waals surface area contributed by atoms with Crippen molar-refractivity contribution in [1.82, 2.24) is 0 Å². The van der Waals surface area contributed by atoms with Gasteiger partial charge in [0.15, 0.2) is 0 Å². The molecule has 0 bridgehead atoms. The standard InChI is InChI=1S/C60H102NO7P/c1-6-8-10-12-14-16-18-20-22-24-26-28-30-32-34-36-38-40-42-44-46-48-50-52-55-65-57-59(58-67-69(63,64)66-56-54-61(3,4)5)68-60(62)53-51-49-47-45-43-41-39-37-35-33-31-29-27-25-23-21-19-17-15-13-11-9-7-2/h8-11,14-17,20-23,26-29,32-35,59H,6-7,12-13,18-19,24-25,30-31,36-58H2,1-5H3/p+1/b10-8-,11-9-,16-14-,17-15-,22-20-,23-21-,28-26-,29-27-,34-32-,35-33-. The summed E-state index contributed by atoms with van der Waals surface area (Å²) in [5, 5.41) is 0. The molecule has 0 aliphatic heterocycles. The van der Waals surface area contributed by atoms with Gasteiger partial charge in [-0.25, -0.2) is 4.57 Å². The first kappa shape index (κ1) is 65.9. The molecule has 69 heavy (non-hydrogen) atoms. The summed E-state index contributed by atoms with van der Waals surface area (Å²) in [7, 11) is 1.63. The number of unbranched alkanes of at least 4 members (excludes halogenated alkanes) is 15. The summed E-state index contributed by atoms with van der Waals surface area (Å²) in [5.41, 5.74) is 0. The zero-order chi connectivity index (χ0) is 50.5. The lowest BCUT2D eigenvalue weighted by Gasteiger charge is -2.24. The minimum absolute atomic E-state index is 0.0770. The van der Waals surface area contributed by atoms with Crippen LogP contribution in [0.3, 0.4) is 0 Å². The van der Waals surface area contributed by atoms with Crippen LogP contribution in [0, 0.1) is 0 Å². The topological polar surface area (TPSA) is 91.3 Å². The van der Waals surface area contributed by atoms with E-state index in [2.05, 4.69) is 135 Å². The molecule has 0 saturated carbocycles. The van der Waals surface area contributed by atoms with Crippen LogP contribution in [-0.4, -0.2) is 75.6 Å². The Hall–Kier alpha value is -3.10. The van der Waals surface area contributed by atoms with Crippen LogP contribution >= 0.6 is 7.82 Å². The van der Waals surface area contributed by atoms with Crippen molar-refractivity contribution in [1.29, 1.82) is 0 Å². The Morgan fingerprint density at radius 2 is 0.797 bits per heavy atom. The first-order valence-electron chi connectivity index (χ1n) is 27.3. The van der Waals surface area contributed by atoms with Gasteiger partial charge in [0.05, 0.1) is 34.4 Å². The number of esters is 1. The van der Waals surface area contributed by atoms with Gasteiger partial charge in [0.25, 0.3) is 0 Å². The van der Waals surface area contributed by atoms with Gasteiger partial charge in [0.2, 0.25) is 0 Å². The van der Waals surface area contributed by atoms with Crippen LogP contribution in [0.1, 0.15) is 194 Å². The Morgan fingerprint density at radius 3 is 1.19 bits per heavy atom.